The number of fused-ring (bicyclic) bond motifs is 1. The molecule has 8 nitrogen and oxygen atoms in total. The molecule has 0 aliphatic heterocycles. The van der Waals surface area contributed by atoms with Gasteiger partial charge in [0.05, 0.1) is 11.3 Å². The Morgan fingerprint density at radius 1 is 1.12 bits per heavy atom. The maximum Gasteiger partial charge on any atom is 0.337 e. The summed E-state index contributed by atoms with van der Waals surface area (Å²) in [5.74, 6) is -1.23. The lowest BCUT2D eigenvalue weighted by Gasteiger charge is -2.14. The largest absolute Gasteiger partial charge is 0.478 e. The molecule has 3 rings (SSSR count). The molecule has 124 valence electrons. The van der Waals surface area contributed by atoms with Crippen molar-refractivity contribution in [2.45, 2.75) is 18.7 Å². The number of aromatic nitrogens is 2. The van der Waals surface area contributed by atoms with Crippen LogP contribution in [0, 0.1) is 13.8 Å². The Kier molecular flexibility index (Phi) is 3.72. The molecule has 0 atom stereocenters. The van der Waals surface area contributed by atoms with Crippen LogP contribution in [-0.2, 0) is 10.0 Å². The van der Waals surface area contributed by atoms with Crippen molar-refractivity contribution >= 4 is 32.7 Å². The SMILES string of the molecule is Cc1cccc(C(=O)O)c1NS(=O)(=O)c1c(C)ccc2nonc12. The molecule has 0 spiro atoms. The number of carboxylic acid groups (broad SMARTS) is 1. The van der Waals surface area contributed by atoms with Gasteiger partial charge in [-0.15, -0.1) is 0 Å². The first-order chi connectivity index (χ1) is 11.3. The summed E-state index contributed by atoms with van der Waals surface area (Å²) in [5.41, 5.74) is 1.19. The number of rotatable bonds is 4. The summed E-state index contributed by atoms with van der Waals surface area (Å²) in [6, 6.07) is 7.67. The lowest BCUT2D eigenvalue weighted by Crippen LogP contribution is -2.18. The van der Waals surface area contributed by atoms with E-state index < -0.39 is 16.0 Å². The molecule has 0 aliphatic rings. The van der Waals surface area contributed by atoms with Crippen molar-refractivity contribution in [2.24, 2.45) is 0 Å². The third-order valence-corrected chi connectivity index (χ3v) is 5.11. The topological polar surface area (TPSA) is 122 Å². The first-order valence-corrected chi connectivity index (χ1v) is 8.37. The number of nitrogens with zero attached hydrogens (tertiary/aromatic N) is 2. The van der Waals surface area contributed by atoms with Gasteiger partial charge in [0.1, 0.15) is 10.4 Å². The van der Waals surface area contributed by atoms with Crippen LogP contribution >= 0.6 is 0 Å². The molecule has 24 heavy (non-hydrogen) atoms. The summed E-state index contributed by atoms with van der Waals surface area (Å²) in [5, 5.41) is 16.6. The maximum absolute atomic E-state index is 12.8. The molecule has 0 amide bonds. The van der Waals surface area contributed by atoms with E-state index in [9.17, 15) is 18.3 Å². The van der Waals surface area contributed by atoms with Gasteiger partial charge in [0.25, 0.3) is 10.0 Å². The minimum atomic E-state index is -4.09. The Labute approximate surface area is 137 Å². The Bertz CT molecular complexity index is 1060. The summed E-state index contributed by atoms with van der Waals surface area (Å²) >= 11 is 0. The number of sulfonamides is 1. The van der Waals surface area contributed by atoms with Crippen molar-refractivity contribution < 1.29 is 22.9 Å². The smallest absolute Gasteiger partial charge is 0.337 e. The zero-order valence-corrected chi connectivity index (χ0v) is 13.6. The van der Waals surface area contributed by atoms with Crippen LogP contribution in [0.3, 0.4) is 0 Å². The third kappa shape index (κ3) is 2.58. The number of aryl methyl sites for hydroxylation is 2. The molecule has 0 aliphatic carbocycles. The number of para-hydroxylation sites is 1. The third-order valence-electron chi connectivity index (χ3n) is 3.59. The fraction of sp³-hybridized carbons (Fsp3) is 0.133. The van der Waals surface area contributed by atoms with Crippen LogP contribution in [0.1, 0.15) is 21.5 Å². The number of aromatic carboxylic acids is 1. The molecule has 0 unspecified atom stereocenters. The van der Waals surface area contributed by atoms with E-state index in [2.05, 4.69) is 19.7 Å². The highest BCUT2D eigenvalue weighted by molar-refractivity contribution is 7.93. The lowest BCUT2D eigenvalue weighted by atomic mass is 10.1. The van der Waals surface area contributed by atoms with Crippen LogP contribution in [0.5, 0.6) is 0 Å². The molecule has 0 fully saturated rings. The van der Waals surface area contributed by atoms with Gasteiger partial charge in [-0.3, -0.25) is 4.72 Å². The Morgan fingerprint density at radius 3 is 2.58 bits per heavy atom. The highest BCUT2D eigenvalue weighted by Gasteiger charge is 2.25. The van der Waals surface area contributed by atoms with Gasteiger partial charge in [-0.05, 0) is 47.4 Å². The lowest BCUT2D eigenvalue weighted by molar-refractivity contribution is 0.0698. The molecule has 3 aromatic rings. The quantitative estimate of drug-likeness (QED) is 0.742. The molecule has 2 aromatic carbocycles. The van der Waals surface area contributed by atoms with Gasteiger partial charge in [-0.2, -0.15) is 0 Å². The van der Waals surface area contributed by atoms with E-state index in [0.29, 0.717) is 16.6 Å². The van der Waals surface area contributed by atoms with Gasteiger partial charge in [0, 0.05) is 0 Å². The summed E-state index contributed by atoms with van der Waals surface area (Å²) in [7, 11) is -4.09. The molecule has 0 saturated heterocycles. The maximum atomic E-state index is 12.8. The van der Waals surface area contributed by atoms with E-state index in [0.717, 1.165) is 0 Å². The van der Waals surface area contributed by atoms with Crippen LogP contribution in [0.2, 0.25) is 0 Å². The predicted molar refractivity (Wildman–Crippen MR) is 85.5 cm³/mol. The monoisotopic (exact) mass is 347 g/mol. The van der Waals surface area contributed by atoms with Crippen LogP contribution < -0.4 is 4.72 Å². The summed E-state index contributed by atoms with van der Waals surface area (Å²) < 4.78 is 32.7. The molecule has 0 bridgehead atoms. The summed E-state index contributed by atoms with van der Waals surface area (Å²) in [6.07, 6.45) is 0. The van der Waals surface area contributed by atoms with Gasteiger partial charge in [0.15, 0.2) is 5.52 Å². The molecule has 2 N–H and O–H groups in total. The number of carbonyl (C=O) groups is 1. The van der Waals surface area contributed by atoms with E-state index in [1.165, 1.54) is 6.07 Å². The second-order valence-electron chi connectivity index (χ2n) is 5.25. The van der Waals surface area contributed by atoms with Crippen molar-refractivity contribution in [3.8, 4) is 0 Å². The van der Waals surface area contributed by atoms with Crippen LogP contribution in [0.15, 0.2) is 39.9 Å². The molecule has 0 radical (unpaired) electrons. The van der Waals surface area contributed by atoms with E-state index in [-0.39, 0.29) is 21.7 Å². The van der Waals surface area contributed by atoms with Crippen molar-refractivity contribution in [1.29, 1.82) is 0 Å². The van der Waals surface area contributed by atoms with E-state index >= 15 is 0 Å². The number of hydrogen-bond donors (Lipinski definition) is 2. The molecule has 0 saturated carbocycles. The minimum Gasteiger partial charge on any atom is -0.478 e. The molecule has 1 heterocycles. The summed E-state index contributed by atoms with van der Waals surface area (Å²) in [4.78, 5) is 11.3. The van der Waals surface area contributed by atoms with Crippen LogP contribution in [0.4, 0.5) is 5.69 Å². The van der Waals surface area contributed by atoms with Gasteiger partial charge >= 0.3 is 5.97 Å². The highest BCUT2D eigenvalue weighted by atomic mass is 32.2. The van der Waals surface area contributed by atoms with E-state index in [4.69, 9.17) is 0 Å². The number of anilines is 1. The number of hydrogen-bond acceptors (Lipinski definition) is 6. The average molecular weight is 347 g/mol. The fourth-order valence-electron chi connectivity index (χ4n) is 2.43. The minimum absolute atomic E-state index is 0.0119. The molecule has 1 aromatic heterocycles. The Morgan fingerprint density at radius 2 is 1.88 bits per heavy atom. The average Bonchev–Trinajstić information content (AvgIpc) is 2.96. The van der Waals surface area contributed by atoms with Crippen LogP contribution in [0.25, 0.3) is 11.0 Å². The fourth-order valence-corrected chi connectivity index (χ4v) is 3.96. The van der Waals surface area contributed by atoms with E-state index in [1.807, 2.05) is 0 Å². The Hall–Kier alpha value is -2.94. The molecule has 9 heteroatoms. The normalized spacial score (nSPS) is 11.6. The van der Waals surface area contributed by atoms with Gasteiger partial charge in [-0.25, -0.2) is 17.8 Å². The van der Waals surface area contributed by atoms with Gasteiger partial charge < -0.3 is 5.11 Å². The van der Waals surface area contributed by atoms with Gasteiger partial charge in [0.2, 0.25) is 0 Å². The number of benzene rings is 2. The van der Waals surface area contributed by atoms with Crippen molar-refractivity contribution in [3.63, 3.8) is 0 Å². The number of carboxylic acids is 1. The van der Waals surface area contributed by atoms with E-state index in [1.54, 1.807) is 38.1 Å². The standard InChI is InChI=1S/C15H13N3O5S/c1-8-4-3-5-10(15(19)20)12(8)18-24(21,22)14-9(2)6-7-11-13(14)17-23-16-11/h3-7,18H,1-2H3,(H,19,20). The summed E-state index contributed by atoms with van der Waals surface area (Å²) in [6.45, 7) is 3.23. The Balaban J connectivity index is 2.18. The van der Waals surface area contributed by atoms with Crippen LogP contribution in [-0.4, -0.2) is 29.8 Å². The van der Waals surface area contributed by atoms with Crippen molar-refractivity contribution in [3.05, 3.63) is 47.0 Å². The molecular weight excluding hydrogens is 334 g/mol. The van der Waals surface area contributed by atoms with Crippen molar-refractivity contribution in [1.82, 2.24) is 10.3 Å². The zero-order valence-electron chi connectivity index (χ0n) is 12.8. The zero-order chi connectivity index (χ0) is 17.5. The van der Waals surface area contributed by atoms with Crippen molar-refractivity contribution in [2.75, 3.05) is 4.72 Å². The number of nitrogens with one attached hydrogen (secondary N) is 1. The first-order valence-electron chi connectivity index (χ1n) is 6.89. The van der Waals surface area contributed by atoms with Gasteiger partial charge in [-0.1, -0.05) is 18.2 Å². The second-order valence-corrected chi connectivity index (χ2v) is 6.87. The molecular formula is C15H13N3O5S. The second kappa shape index (κ2) is 5.60. The predicted octanol–water partition coefficient (Wildman–Crippen LogP) is 2.34. The first kappa shape index (κ1) is 15.9. The highest BCUT2D eigenvalue weighted by Crippen LogP contribution is 2.29.